The second-order valence-corrected chi connectivity index (χ2v) is 6.82. The van der Waals surface area contributed by atoms with Crippen molar-refractivity contribution >= 4 is 5.96 Å². The van der Waals surface area contributed by atoms with Gasteiger partial charge in [0.2, 0.25) is 0 Å². The molecule has 1 aliphatic heterocycles. The molecule has 1 heterocycles. The molecule has 0 aromatic carbocycles. The van der Waals surface area contributed by atoms with Crippen molar-refractivity contribution in [2.75, 3.05) is 79.9 Å². The largest absolute Gasteiger partial charge is 0.385 e. The lowest BCUT2D eigenvalue weighted by atomic mass is 10.0. The minimum Gasteiger partial charge on any atom is -0.385 e. The minimum absolute atomic E-state index is 0.673. The van der Waals surface area contributed by atoms with Crippen molar-refractivity contribution in [2.45, 2.75) is 32.6 Å². The Morgan fingerprint density at radius 3 is 2.69 bits per heavy atom. The molecule has 0 aliphatic carbocycles. The third kappa shape index (κ3) is 12.5. The van der Waals surface area contributed by atoms with Gasteiger partial charge >= 0.3 is 0 Å². The number of hydrogen-bond acceptors (Lipinski definition) is 5. The van der Waals surface area contributed by atoms with Crippen LogP contribution in [0, 0.1) is 5.92 Å². The highest BCUT2D eigenvalue weighted by molar-refractivity contribution is 5.79. The van der Waals surface area contributed by atoms with Crippen molar-refractivity contribution in [3.8, 4) is 0 Å². The summed E-state index contributed by atoms with van der Waals surface area (Å²) in [5, 5.41) is 6.69. The van der Waals surface area contributed by atoms with Crippen LogP contribution in [0.5, 0.6) is 0 Å². The van der Waals surface area contributed by atoms with Gasteiger partial charge in [-0.25, -0.2) is 0 Å². The summed E-state index contributed by atoms with van der Waals surface area (Å²) in [6.07, 6.45) is 4.28. The third-order valence-electron chi connectivity index (χ3n) is 4.43. The second-order valence-electron chi connectivity index (χ2n) is 6.82. The van der Waals surface area contributed by atoms with E-state index >= 15 is 0 Å². The Hall–Kier alpha value is -0.890. The van der Waals surface area contributed by atoms with Crippen molar-refractivity contribution in [3.63, 3.8) is 0 Å². The monoisotopic (exact) mass is 372 g/mol. The molecule has 0 radical (unpaired) electrons. The summed E-state index contributed by atoms with van der Waals surface area (Å²) in [6, 6.07) is 0. The fourth-order valence-electron chi connectivity index (χ4n) is 2.82. The Labute approximate surface area is 159 Å². The lowest BCUT2D eigenvalue weighted by Crippen LogP contribution is -2.41. The molecule has 0 atom stereocenters. The summed E-state index contributed by atoms with van der Waals surface area (Å²) in [6.45, 7) is 10.9. The summed E-state index contributed by atoms with van der Waals surface area (Å²) in [4.78, 5) is 6.93. The van der Waals surface area contributed by atoms with Crippen LogP contribution in [0.2, 0.25) is 0 Å². The lowest BCUT2D eigenvalue weighted by Gasteiger charge is -2.21. The Kier molecular flexibility index (Phi) is 14.5. The van der Waals surface area contributed by atoms with Crippen LogP contribution in [-0.4, -0.2) is 90.8 Å². The molecule has 1 rings (SSSR count). The van der Waals surface area contributed by atoms with E-state index in [0.29, 0.717) is 5.92 Å². The van der Waals surface area contributed by atoms with Gasteiger partial charge in [-0.1, -0.05) is 0 Å². The molecule has 0 aromatic rings. The van der Waals surface area contributed by atoms with E-state index in [-0.39, 0.29) is 0 Å². The summed E-state index contributed by atoms with van der Waals surface area (Å²) in [5.41, 5.74) is 0. The molecule has 7 nitrogen and oxygen atoms in total. The Balaban J connectivity index is 2.07. The molecule has 0 bridgehead atoms. The van der Waals surface area contributed by atoms with E-state index in [4.69, 9.17) is 14.2 Å². The highest BCUT2D eigenvalue weighted by Crippen LogP contribution is 2.14. The summed E-state index contributed by atoms with van der Waals surface area (Å²) in [5.74, 6) is 1.56. The van der Waals surface area contributed by atoms with E-state index in [2.05, 4.69) is 34.5 Å². The Morgan fingerprint density at radius 2 is 1.96 bits per heavy atom. The van der Waals surface area contributed by atoms with Crippen LogP contribution in [0.3, 0.4) is 0 Å². The van der Waals surface area contributed by atoms with Gasteiger partial charge in [0.25, 0.3) is 0 Å². The first-order valence-electron chi connectivity index (χ1n) is 10.1. The summed E-state index contributed by atoms with van der Waals surface area (Å²) < 4.78 is 16.2. The van der Waals surface area contributed by atoms with Crippen LogP contribution in [0.25, 0.3) is 0 Å². The van der Waals surface area contributed by atoms with E-state index in [1.165, 1.54) is 0 Å². The summed E-state index contributed by atoms with van der Waals surface area (Å²) >= 11 is 0. The van der Waals surface area contributed by atoms with Crippen molar-refractivity contribution in [1.29, 1.82) is 0 Å². The molecular weight excluding hydrogens is 332 g/mol. The molecule has 154 valence electrons. The molecule has 0 amide bonds. The van der Waals surface area contributed by atoms with E-state index < -0.39 is 0 Å². The van der Waals surface area contributed by atoms with Gasteiger partial charge in [-0.05, 0) is 45.6 Å². The van der Waals surface area contributed by atoms with E-state index in [9.17, 15) is 0 Å². The summed E-state index contributed by atoms with van der Waals surface area (Å²) in [7, 11) is 3.88. The fraction of sp³-hybridized carbons (Fsp3) is 0.947. The van der Waals surface area contributed by atoms with Gasteiger partial charge in [0.1, 0.15) is 0 Å². The van der Waals surface area contributed by atoms with Crippen molar-refractivity contribution in [1.82, 2.24) is 15.5 Å². The fourth-order valence-corrected chi connectivity index (χ4v) is 2.82. The lowest BCUT2D eigenvalue weighted by molar-refractivity contribution is 0.0205. The smallest absolute Gasteiger partial charge is 0.191 e. The number of guanidine groups is 1. The first-order valence-corrected chi connectivity index (χ1v) is 10.1. The average molecular weight is 373 g/mol. The quantitative estimate of drug-likeness (QED) is 0.273. The number of aliphatic imine (C=N–C) groups is 1. The van der Waals surface area contributed by atoms with Gasteiger partial charge in [0.15, 0.2) is 5.96 Å². The number of hydrogen-bond donors (Lipinski definition) is 2. The van der Waals surface area contributed by atoms with Crippen molar-refractivity contribution < 1.29 is 14.2 Å². The van der Waals surface area contributed by atoms with Crippen molar-refractivity contribution in [3.05, 3.63) is 0 Å². The molecule has 2 N–H and O–H groups in total. The first kappa shape index (κ1) is 23.1. The van der Waals surface area contributed by atoms with Gasteiger partial charge in [0.05, 0.1) is 0 Å². The topological polar surface area (TPSA) is 67.4 Å². The Bertz CT molecular complexity index is 350. The first-order chi connectivity index (χ1) is 12.8. The zero-order valence-corrected chi connectivity index (χ0v) is 17.1. The van der Waals surface area contributed by atoms with E-state index in [0.717, 1.165) is 97.4 Å². The molecule has 7 heteroatoms. The van der Waals surface area contributed by atoms with Gasteiger partial charge < -0.3 is 29.7 Å². The van der Waals surface area contributed by atoms with Crippen LogP contribution in [0.1, 0.15) is 32.6 Å². The number of methoxy groups -OCH3 is 1. The van der Waals surface area contributed by atoms with Crippen LogP contribution < -0.4 is 10.6 Å². The van der Waals surface area contributed by atoms with Crippen LogP contribution >= 0.6 is 0 Å². The zero-order valence-electron chi connectivity index (χ0n) is 17.1. The minimum atomic E-state index is 0.673. The maximum atomic E-state index is 5.79. The maximum Gasteiger partial charge on any atom is 0.191 e. The molecule has 0 spiro atoms. The Morgan fingerprint density at radius 1 is 1.15 bits per heavy atom. The second kappa shape index (κ2) is 16.3. The molecule has 0 unspecified atom stereocenters. The standard InChI is InChI=1S/C19H40N4O3/c1-4-20-19(22-10-12-23(2)11-6-13-24-3)21-9-5-14-26-17-18-7-15-25-16-8-18/h18H,4-17H2,1-3H3,(H2,20,21,22). The SMILES string of the molecule is CCNC(=NCCCOCC1CCOCC1)NCCN(C)CCCOC. The predicted octanol–water partition coefficient (Wildman–Crippen LogP) is 1.34. The zero-order chi connectivity index (χ0) is 18.9. The molecule has 26 heavy (non-hydrogen) atoms. The van der Waals surface area contributed by atoms with Crippen LogP contribution in [0.15, 0.2) is 4.99 Å². The number of ether oxygens (including phenoxy) is 3. The van der Waals surface area contributed by atoms with Gasteiger partial charge in [-0.3, -0.25) is 4.99 Å². The molecule has 1 fully saturated rings. The van der Waals surface area contributed by atoms with E-state index in [1.54, 1.807) is 7.11 Å². The molecule has 0 saturated carbocycles. The number of rotatable bonds is 14. The number of nitrogens with one attached hydrogen (secondary N) is 2. The average Bonchev–Trinajstić information content (AvgIpc) is 2.65. The highest BCUT2D eigenvalue weighted by atomic mass is 16.5. The predicted molar refractivity (Wildman–Crippen MR) is 107 cm³/mol. The maximum absolute atomic E-state index is 5.79. The molecule has 1 aliphatic rings. The van der Waals surface area contributed by atoms with Gasteiger partial charge in [-0.2, -0.15) is 0 Å². The highest BCUT2D eigenvalue weighted by Gasteiger charge is 2.13. The third-order valence-corrected chi connectivity index (χ3v) is 4.43. The van der Waals surface area contributed by atoms with Gasteiger partial charge in [0, 0.05) is 72.9 Å². The molecule has 1 saturated heterocycles. The normalized spacial score (nSPS) is 16.2. The van der Waals surface area contributed by atoms with E-state index in [1.807, 2.05) is 0 Å². The molecular formula is C19H40N4O3. The van der Waals surface area contributed by atoms with Crippen LogP contribution in [-0.2, 0) is 14.2 Å². The number of likely N-dealkylation sites (N-methyl/N-ethyl adjacent to an activating group) is 1. The van der Waals surface area contributed by atoms with Gasteiger partial charge in [-0.15, -0.1) is 0 Å². The van der Waals surface area contributed by atoms with Crippen molar-refractivity contribution in [2.24, 2.45) is 10.9 Å². The van der Waals surface area contributed by atoms with Crippen LogP contribution in [0.4, 0.5) is 0 Å². The molecule has 0 aromatic heterocycles. The number of nitrogens with zero attached hydrogens (tertiary/aromatic N) is 2.